The fraction of sp³-hybridized carbons (Fsp3) is 0.857. The third-order valence-electron chi connectivity index (χ3n) is 2.01. The van der Waals surface area contributed by atoms with Crippen LogP contribution in [-0.2, 0) is 10.0 Å². The van der Waals surface area contributed by atoms with Gasteiger partial charge in [-0.25, -0.2) is 13.8 Å². The second-order valence-corrected chi connectivity index (χ2v) is 4.94. The molecule has 0 aromatic heterocycles. The highest BCUT2D eigenvalue weighted by atomic mass is 32.2. The predicted octanol–water partition coefficient (Wildman–Crippen LogP) is -0.171. The minimum Gasteiger partial charge on any atom is -0.241 e. The standard InChI is InChI=1S/C7H13N3O2S/c1-2-7(6-8)13(11,12)10-5-3-4-9-10/h7,9H,2-5H2,1H3. The normalized spacial score (nSPS) is 21.2. The molecule has 1 unspecified atom stereocenters. The number of rotatable bonds is 3. The molecule has 6 heteroatoms. The van der Waals surface area contributed by atoms with Crippen molar-refractivity contribution in [2.75, 3.05) is 13.1 Å². The molecule has 1 atom stereocenters. The highest BCUT2D eigenvalue weighted by molar-refractivity contribution is 7.89. The first-order valence-electron chi connectivity index (χ1n) is 4.27. The molecule has 0 amide bonds. The number of nitrogens with one attached hydrogen (secondary N) is 1. The lowest BCUT2D eigenvalue weighted by Crippen LogP contribution is -2.42. The molecule has 0 aromatic carbocycles. The second kappa shape index (κ2) is 4.05. The molecule has 13 heavy (non-hydrogen) atoms. The third kappa shape index (κ3) is 1.99. The zero-order chi connectivity index (χ0) is 9.90. The van der Waals surface area contributed by atoms with Crippen molar-refractivity contribution >= 4 is 10.0 Å². The van der Waals surface area contributed by atoms with Gasteiger partial charge < -0.3 is 0 Å². The Labute approximate surface area is 78.4 Å². The summed E-state index contributed by atoms with van der Waals surface area (Å²) in [5.74, 6) is 0. The van der Waals surface area contributed by atoms with Gasteiger partial charge >= 0.3 is 0 Å². The SMILES string of the molecule is CCC(C#N)S(=O)(=O)N1CCCN1. The highest BCUT2D eigenvalue weighted by Crippen LogP contribution is 2.12. The summed E-state index contributed by atoms with van der Waals surface area (Å²) < 4.78 is 24.5. The van der Waals surface area contributed by atoms with Crippen LogP contribution in [0.3, 0.4) is 0 Å². The molecule has 1 aliphatic heterocycles. The highest BCUT2D eigenvalue weighted by Gasteiger charge is 2.32. The maximum absolute atomic E-state index is 11.6. The molecular weight excluding hydrogens is 190 g/mol. The van der Waals surface area contributed by atoms with Crippen LogP contribution in [0, 0.1) is 11.3 Å². The zero-order valence-corrected chi connectivity index (χ0v) is 8.34. The van der Waals surface area contributed by atoms with E-state index in [2.05, 4.69) is 5.43 Å². The summed E-state index contributed by atoms with van der Waals surface area (Å²) in [6.45, 7) is 2.84. The van der Waals surface area contributed by atoms with Gasteiger partial charge in [0.15, 0.2) is 5.25 Å². The molecule has 1 N–H and O–H groups in total. The van der Waals surface area contributed by atoms with E-state index in [9.17, 15) is 8.42 Å². The maximum Gasteiger partial charge on any atom is 0.243 e. The van der Waals surface area contributed by atoms with Gasteiger partial charge in [-0.1, -0.05) is 6.92 Å². The molecular formula is C7H13N3O2S. The Hall–Kier alpha value is -0.640. The number of hydrogen-bond donors (Lipinski definition) is 1. The van der Waals surface area contributed by atoms with Crippen LogP contribution < -0.4 is 5.43 Å². The van der Waals surface area contributed by atoms with Crippen molar-refractivity contribution in [3.8, 4) is 6.07 Å². The van der Waals surface area contributed by atoms with Gasteiger partial charge in [-0.15, -0.1) is 4.41 Å². The summed E-state index contributed by atoms with van der Waals surface area (Å²) in [5, 5.41) is 7.72. The fourth-order valence-corrected chi connectivity index (χ4v) is 2.76. The lowest BCUT2D eigenvalue weighted by Gasteiger charge is -2.18. The topological polar surface area (TPSA) is 73.2 Å². The van der Waals surface area contributed by atoms with Gasteiger partial charge in [0, 0.05) is 13.1 Å². The van der Waals surface area contributed by atoms with E-state index >= 15 is 0 Å². The van der Waals surface area contributed by atoms with Crippen molar-refractivity contribution in [3.63, 3.8) is 0 Å². The molecule has 0 aromatic rings. The van der Waals surface area contributed by atoms with Gasteiger partial charge in [0.25, 0.3) is 0 Å². The molecule has 1 saturated heterocycles. The van der Waals surface area contributed by atoms with E-state index in [1.54, 1.807) is 13.0 Å². The summed E-state index contributed by atoms with van der Waals surface area (Å²) in [7, 11) is -3.44. The van der Waals surface area contributed by atoms with Crippen molar-refractivity contribution in [1.82, 2.24) is 9.84 Å². The summed E-state index contributed by atoms with van der Waals surface area (Å²) in [6.07, 6.45) is 1.14. The Balaban J connectivity index is 2.81. The average Bonchev–Trinajstić information content (AvgIpc) is 2.58. The molecule has 74 valence electrons. The average molecular weight is 203 g/mol. The van der Waals surface area contributed by atoms with Crippen LogP contribution in [0.4, 0.5) is 0 Å². The summed E-state index contributed by atoms with van der Waals surface area (Å²) in [5.41, 5.74) is 2.74. The second-order valence-electron chi connectivity index (χ2n) is 2.90. The Morgan fingerprint density at radius 1 is 1.69 bits per heavy atom. The van der Waals surface area contributed by atoms with Gasteiger partial charge in [-0.3, -0.25) is 0 Å². The van der Waals surface area contributed by atoms with Crippen molar-refractivity contribution in [2.45, 2.75) is 25.0 Å². The van der Waals surface area contributed by atoms with E-state index in [0.29, 0.717) is 19.5 Å². The Morgan fingerprint density at radius 3 is 2.77 bits per heavy atom. The van der Waals surface area contributed by atoms with Crippen LogP contribution in [0.15, 0.2) is 0 Å². The Kier molecular flexibility index (Phi) is 3.25. The lowest BCUT2D eigenvalue weighted by atomic mass is 10.4. The molecule has 0 aliphatic carbocycles. The largest absolute Gasteiger partial charge is 0.243 e. The van der Waals surface area contributed by atoms with Gasteiger partial charge in [-0.2, -0.15) is 5.26 Å². The summed E-state index contributed by atoms with van der Waals surface area (Å²) >= 11 is 0. The predicted molar refractivity (Wildman–Crippen MR) is 47.9 cm³/mol. The number of hydrogen-bond acceptors (Lipinski definition) is 4. The first-order valence-corrected chi connectivity index (χ1v) is 5.78. The monoisotopic (exact) mass is 203 g/mol. The zero-order valence-electron chi connectivity index (χ0n) is 7.52. The fourth-order valence-electron chi connectivity index (χ4n) is 1.24. The van der Waals surface area contributed by atoms with Crippen LogP contribution in [0.2, 0.25) is 0 Å². The van der Waals surface area contributed by atoms with Gasteiger partial charge in [0.2, 0.25) is 10.0 Å². The van der Waals surface area contributed by atoms with E-state index in [0.717, 1.165) is 6.42 Å². The van der Waals surface area contributed by atoms with E-state index in [1.807, 2.05) is 0 Å². The third-order valence-corrected chi connectivity index (χ3v) is 4.09. The van der Waals surface area contributed by atoms with Gasteiger partial charge in [-0.05, 0) is 12.8 Å². The van der Waals surface area contributed by atoms with Crippen LogP contribution in [-0.4, -0.2) is 31.2 Å². The Bertz CT molecular complexity index is 300. The molecule has 1 aliphatic rings. The molecule has 0 saturated carbocycles. The van der Waals surface area contributed by atoms with Crippen molar-refractivity contribution in [3.05, 3.63) is 0 Å². The number of nitriles is 1. The molecule has 1 fully saturated rings. The van der Waals surface area contributed by atoms with Gasteiger partial charge in [0.1, 0.15) is 0 Å². The molecule has 1 rings (SSSR count). The first-order chi connectivity index (χ1) is 6.12. The first kappa shape index (κ1) is 10.4. The molecule has 0 spiro atoms. The van der Waals surface area contributed by atoms with Crippen LogP contribution in [0.25, 0.3) is 0 Å². The molecule has 0 bridgehead atoms. The minimum atomic E-state index is -3.44. The smallest absolute Gasteiger partial charge is 0.241 e. The van der Waals surface area contributed by atoms with Gasteiger partial charge in [0.05, 0.1) is 6.07 Å². The minimum absolute atomic E-state index is 0.330. The maximum atomic E-state index is 11.6. The van der Waals surface area contributed by atoms with Crippen LogP contribution >= 0.6 is 0 Å². The number of nitrogens with zero attached hydrogens (tertiary/aromatic N) is 2. The molecule has 5 nitrogen and oxygen atoms in total. The molecule has 0 radical (unpaired) electrons. The van der Waals surface area contributed by atoms with Crippen LogP contribution in [0.1, 0.15) is 19.8 Å². The van der Waals surface area contributed by atoms with E-state index < -0.39 is 15.3 Å². The lowest BCUT2D eigenvalue weighted by molar-refractivity contribution is 0.395. The number of hydrazine groups is 1. The van der Waals surface area contributed by atoms with Crippen LogP contribution in [0.5, 0.6) is 0 Å². The van der Waals surface area contributed by atoms with Crippen molar-refractivity contribution in [1.29, 1.82) is 5.26 Å². The number of sulfonamides is 1. The van der Waals surface area contributed by atoms with E-state index in [1.165, 1.54) is 4.41 Å². The van der Waals surface area contributed by atoms with E-state index in [4.69, 9.17) is 5.26 Å². The Morgan fingerprint density at radius 2 is 2.38 bits per heavy atom. The summed E-state index contributed by atoms with van der Waals surface area (Å²) in [6, 6.07) is 1.80. The van der Waals surface area contributed by atoms with Crippen molar-refractivity contribution < 1.29 is 8.42 Å². The van der Waals surface area contributed by atoms with Crippen molar-refractivity contribution in [2.24, 2.45) is 0 Å². The summed E-state index contributed by atoms with van der Waals surface area (Å²) in [4.78, 5) is 0. The molecule has 1 heterocycles. The quantitative estimate of drug-likeness (QED) is 0.691. The van der Waals surface area contributed by atoms with E-state index in [-0.39, 0.29) is 0 Å².